The fourth-order valence-corrected chi connectivity index (χ4v) is 5.27. The Bertz CT molecular complexity index is 1140. The number of benzene rings is 2. The Hall–Kier alpha value is -2.97. The van der Waals surface area contributed by atoms with E-state index in [0.29, 0.717) is 45.6 Å². The van der Waals surface area contributed by atoms with E-state index in [2.05, 4.69) is 5.32 Å². The lowest BCUT2D eigenvalue weighted by Gasteiger charge is -2.17. The highest BCUT2D eigenvalue weighted by Crippen LogP contribution is 2.44. The molecule has 2 aromatic carbocycles. The molecular weight excluding hydrogens is 454 g/mol. The van der Waals surface area contributed by atoms with Crippen LogP contribution >= 0.6 is 24.0 Å². The van der Waals surface area contributed by atoms with Crippen molar-refractivity contribution in [3.63, 3.8) is 0 Å². The minimum absolute atomic E-state index is 0.111. The van der Waals surface area contributed by atoms with E-state index in [4.69, 9.17) is 12.2 Å². The van der Waals surface area contributed by atoms with Gasteiger partial charge in [-0.25, -0.2) is 0 Å². The number of fused-ring (bicyclic) bond motifs is 1. The van der Waals surface area contributed by atoms with Crippen molar-refractivity contribution in [2.45, 2.75) is 20.3 Å². The van der Waals surface area contributed by atoms with Crippen molar-refractivity contribution < 1.29 is 14.4 Å². The third kappa shape index (κ3) is 4.86. The van der Waals surface area contributed by atoms with Crippen molar-refractivity contribution in [3.05, 3.63) is 70.6 Å². The predicted octanol–water partition coefficient (Wildman–Crippen LogP) is 3.62. The summed E-state index contributed by atoms with van der Waals surface area (Å²) in [6.07, 6.45) is 0.709. The predicted molar refractivity (Wildman–Crippen MR) is 136 cm³/mol. The van der Waals surface area contributed by atoms with Gasteiger partial charge in [-0.2, -0.15) is 0 Å². The van der Waals surface area contributed by atoms with Crippen LogP contribution in [-0.2, 0) is 20.8 Å². The van der Waals surface area contributed by atoms with Gasteiger partial charge in [0.2, 0.25) is 5.91 Å². The molecule has 0 aliphatic carbocycles. The molecule has 33 heavy (non-hydrogen) atoms. The maximum Gasteiger partial charge on any atom is 0.267 e. The van der Waals surface area contributed by atoms with Crippen LogP contribution in [0.5, 0.6) is 0 Å². The molecule has 2 aliphatic rings. The molecule has 0 spiro atoms. The number of para-hydroxylation sites is 1. The Kier molecular flexibility index (Phi) is 6.95. The highest BCUT2D eigenvalue weighted by Gasteiger charge is 2.42. The van der Waals surface area contributed by atoms with Crippen molar-refractivity contribution in [1.82, 2.24) is 10.2 Å². The van der Waals surface area contributed by atoms with Crippen LogP contribution < -0.4 is 10.2 Å². The first-order valence-electron chi connectivity index (χ1n) is 10.9. The molecule has 0 bridgehead atoms. The Morgan fingerprint density at radius 3 is 2.42 bits per heavy atom. The molecule has 3 amide bonds. The Morgan fingerprint density at radius 2 is 1.70 bits per heavy atom. The maximum absolute atomic E-state index is 13.4. The average Bonchev–Trinajstić information content (AvgIpc) is 3.22. The molecule has 8 heteroatoms. The maximum atomic E-state index is 13.4. The summed E-state index contributed by atoms with van der Waals surface area (Å²) in [7, 11) is 0. The quantitative estimate of drug-likeness (QED) is 0.485. The molecule has 2 aliphatic heterocycles. The second-order valence-electron chi connectivity index (χ2n) is 8.38. The van der Waals surface area contributed by atoms with E-state index in [1.807, 2.05) is 62.4 Å². The number of nitrogens with one attached hydrogen (secondary N) is 1. The molecule has 0 aromatic heterocycles. The molecule has 0 saturated carbocycles. The van der Waals surface area contributed by atoms with E-state index >= 15 is 0 Å². The molecule has 2 aromatic rings. The zero-order valence-electron chi connectivity index (χ0n) is 18.5. The average molecular weight is 480 g/mol. The summed E-state index contributed by atoms with van der Waals surface area (Å²) in [6, 6.07) is 17.1. The van der Waals surface area contributed by atoms with Gasteiger partial charge in [-0.3, -0.25) is 24.2 Å². The van der Waals surface area contributed by atoms with Crippen molar-refractivity contribution >= 4 is 57.3 Å². The van der Waals surface area contributed by atoms with Crippen LogP contribution in [0.2, 0.25) is 0 Å². The topological polar surface area (TPSA) is 69.7 Å². The molecule has 1 N–H and O–H groups in total. The van der Waals surface area contributed by atoms with E-state index in [0.717, 1.165) is 17.3 Å². The van der Waals surface area contributed by atoms with Crippen molar-refractivity contribution in [1.29, 1.82) is 0 Å². The lowest BCUT2D eigenvalue weighted by atomic mass is 10.1. The number of hydrogen-bond acceptors (Lipinski definition) is 5. The lowest BCUT2D eigenvalue weighted by Crippen LogP contribution is -2.39. The van der Waals surface area contributed by atoms with E-state index in [-0.39, 0.29) is 30.2 Å². The molecule has 1 fully saturated rings. The minimum Gasteiger partial charge on any atom is -0.354 e. The number of carbonyl (C=O) groups is 3. The first-order valence-corrected chi connectivity index (χ1v) is 12.1. The van der Waals surface area contributed by atoms with Crippen LogP contribution in [0.3, 0.4) is 0 Å². The Balaban J connectivity index is 1.53. The first-order chi connectivity index (χ1) is 15.9. The summed E-state index contributed by atoms with van der Waals surface area (Å²) >= 11 is 6.58. The van der Waals surface area contributed by atoms with Gasteiger partial charge in [0.1, 0.15) is 10.9 Å². The van der Waals surface area contributed by atoms with Crippen molar-refractivity contribution in [2.24, 2.45) is 5.92 Å². The SMILES string of the molecule is CC(C)CN1C(=O)/C(=C2/C(=O)N(CC(=O)NCCc3ccccc3)c3ccccc32)SC1=S. The summed E-state index contributed by atoms with van der Waals surface area (Å²) < 4.78 is 0.457. The van der Waals surface area contributed by atoms with Gasteiger partial charge in [-0.15, -0.1) is 0 Å². The standard InChI is InChI=1S/C25H25N3O3S2/c1-16(2)14-28-24(31)22(33-25(28)32)21-18-10-6-7-11-19(18)27(23(21)30)15-20(29)26-13-12-17-8-4-3-5-9-17/h3-11,16H,12-15H2,1-2H3,(H,26,29)/b22-21-. The van der Waals surface area contributed by atoms with Gasteiger partial charge in [-0.1, -0.05) is 86.4 Å². The number of hydrogen-bond donors (Lipinski definition) is 1. The van der Waals surface area contributed by atoms with Gasteiger partial charge in [0.05, 0.1) is 16.2 Å². The number of anilines is 1. The Morgan fingerprint density at radius 1 is 1.00 bits per heavy atom. The Labute approximate surface area is 203 Å². The summed E-state index contributed by atoms with van der Waals surface area (Å²) in [4.78, 5) is 42.5. The highest BCUT2D eigenvalue weighted by atomic mass is 32.2. The van der Waals surface area contributed by atoms with Crippen LogP contribution in [0.1, 0.15) is 25.0 Å². The number of amides is 3. The van der Waals surface area contributed by atoms with E-state index in [1.165, 1.54) is 4.90 Å². The lowest BCUT2D eigenvalue weighted by molar-refractivity contribution is -0.122. The fraction of sp³-hybridized carbons (Fsp3) is 0.280. The normalized spacial score (nSPS) is 17.8. The van der Waals surface area contributed by atoms with Gasteiger partial charge in [0, 0.05) is 18.7 Å². The van der Waals surface area contributed by atoms with Crippen LogP contribution in [0.25, 0.3) is 5.57 Å². The number of nitrogens with zero attached hydrogens (tertiary/aromatic N) is 2. The highest BCUT2D eigenvalue weighted by molar-refractivity contribution is 8.26. The van der Waals surface area contributed by atoms with Crippen LogP contribution in [0.4, 0.5) is 5.69 Å². The van der Waals surface area contributed by atoms with Crippen LogP contribution in [0.15, 0.2) is 59.5 Å². The number of rotatable bonds is 7. The smallest absolute Gasteiger partial charge is 0.267 e. The third-order valence-corrected chi connectivity index (χ3v) is 6.88. The molecule has 0 radical (unpaired) electrons. The van der Waals surface area contributed by atoms with Gasteiger partial charge in [0.25, 0.3) is 11.8 Å². The van der Waals surface area contributed by atoms with Gasteiger partial charge in [-0.05, 0) is 24.0 Å². The molecule has 0 unspecified atom stereocenters. The summed E-state index contributed by atoms with van der Waals surface area (Å²) in [5.74, 6) is -0.590. The zero-order valence-corrected chi connectivity index (χ0v) is 20.2. The first kappa shape index (κ1) is 23.2. The van der Waals surface area contributed by atoms with Gasteiger partial charge >= 0.3 is 0 Å². The molecular formula is C25H25N3O3S2. The molecule has 0 atom stereocenters. The van der Waals surface area contributed by atoms with E-state index in [1.54, 1.807) is 11.0 Å². The molecule has 4 rings (SSSR count). The summed E-state index contributed by atoms with van der Waals surface area (Å²) in [5.41, 5.74) is 2.74. The number of thioether (sulfide) groups is 1. The summed E-state index contributed by atoms with van der Waals surface area (Å²) in [5, 5.41) is 2.89. The summed E-state index contributed by atoms with van der Waals surface area (Å²) in [6.45, 7) is 4.90. The van der Waals surface area contributed by atoms with Crippen molar-refractivity contribution in [2.75, 3.05) is 24.5 Å². The molecule has 2 heterocycles. The minimum atomic E-state index is -0.348. The van der Waals surface area contributed by atoms with Crippen molar-refractivity contribution in [3.8, 4) is 0 Å². The van der Waals surface area contributed by atoms with Gasteiger partial charge < -0.3 is 5.32 Å². The fourth-order valence-electron chi connectivity index (χ4n) is 3.92. The monoisotopic (exact) mass is 479 g/mol. The number of thiocarbonyl (C=S) groups is 1. The third-order valence-electron chi connectivity index (χ3n) is 5.43. The van der Waals surface area contributed by atoms with Gasteiger partial charge in [0.15, 0.2) is 0 Å². The molecule has 1 saturated heterocycles. The largest absolute Gasteiger partial charge is 0.354 e. The van der Waals surface area contributed by atoms with Crippen LogP contribution in [0, 0.1) is 5.92 Å². The van der Waals surface area contributed by atoms with Crippen LogP contribution in [-0.4, -0.2) is 46.6 Å². The second-order valence-corrected chi connectivity index (χ2v) is 10.0. The molecule has 170 valence electrons. The molecule has 6 nitrogen and oxygen atoms in total. The number of carbonyl (C=O) groups excluding carboxylic acids is 3. The van der Waals surface area contributed by atoms with E-state index in [9.17, 15) is 14.4 Å². The second kappa shape index (κ2) is 9.89. The van der Waals surface area contributed by atoms with E-state index < -0.39 is 0 Å². The zero-order chi connectivity index (χ0) is 23.5.